The summed E-state index contributed by atoms with van der Waals surface area (Å²) in [4.78, 5) is 29.3. The predicted octanol–water partition coefficient (Wildman–Crippen LogP) is 4.19. The molecule has 0 bridgehead atoms. The van der Waals surface area contributed by atoms with Crippen molar-refractivity contribution in [3.8, 4) is 0 Å². The molecule has 0 unspecified atom stereocenters. The molecule has 0 radical (unpaired) electrons. The number of benzene rings is 2. The number of aromatic nitrogens is 2. The Balaban J connectivity index is 1.49. The van der Waals surface area contributed by atoms with Crippen LogP contribution in [0.15, 0.2) is 60.7 Å². The molecule has 0 saturated heterocycles. The van der Waals surface area contributed by atoms with Gasteiger partial charge in [-0.15, -0.1) is 11.3 Å². The third-order valence-corrected chi connectivity index (χ3v) is 7.11. The quantitative estimate of drug-likeness (QED) is 0.442. The van der Waals surface area contributed by atoms with Crippen molar-refractivity contribution < 1.29 is 14.3 Å². The van der Waals surface area contributed by atoms with Crippen LogP contribution >= 0.6 is 11.3 Å². The highest BCUT2D eigenvalue weighted by molar-refractivity contribution is 7.20. The first-order valence-corrected chi connectivity index (χ1v) is 11.3. The number of rotatable bonds is 4. The van der Waals surface area contributed by atoms with Gasteiger partial charge in [0.15, 0.2) is 0 Å². The number of carbonyl (C=O) groups is 2. The molecular formula is C25H23N3O3S. The molecule has 6 nitrogen and oxygen atoms in total. The van der Waals surface area contributed by atoms with E-state index in [9.17, 15) is 9.59 Å². The number of amides is 1. The van der Waals surface area contributed by atoms with Gasteiger partial charge in [0.05, 0.1) is 24.2 Å². The molecule has 1 aliphatic heterocycles. The van der Waals surface area contributed by atoms with Gasteiger partial charge in [-0.3, -0.25) is 9.48 Å². The summed E-state index contributed by atoms with van der Waals surface area (Å²) >= 11 is 1.43. The molecule has 162 valence electrons. The smallest absolute Gasteiger partial charge is 0.328 e. The average Bonchev–Trinajstić information content (AvgIpc) is 3.39. The van der Waals surface area contributed by atoms with Crippen LogP contribution in [0.1, 0.15) is 32.1 Å². The molecule has 32 heavy (non-hydrogen) atoms. The van der Waals surface area contributed by atoms with Gasteiger partial charge in [0.25, 0.3) is 5.91 Å². The van der Waals surface area contributed by atoms with Crippen LogP contribution in [0, 0.1) is 6.92 Å². The Kier molecular flexibility index (Phi) is 5.27. The molecule has 7 heteroatoms. The first kappa shape index (κ1) is 20.5. The molecule has 5 rings (SSSR count). The zero-order valence-corrected chi connectivity index (χ0v) is 18.8. The Morgan fingerprint density at radius 1 is 1.09 bits per heavy atom. The van der Waals surface area contributed by atoms with E-state index in [-0.39, 0.29) is 11.9 Å². The highest BCUT2D eigenvalue weighted by Crippen LogP contribution is 2.32. The largest absolute Gasteiger partial charge is 0.467 e. The lowest BCUT2D eigenvalue weighted by Crippen LogP contribution is -2.48. The van der Waals surface area contributed by atoms with Gasteiger partial charge in [-0.05, 0) is 29.7 Å². The van der Waals surface area contributed by atoms with Crippen LogP contribution in [0.4, 0.5) is 0 Å². The molecule has 2 aromatic carbocycles. The normalized spacial score (nSPS) is 15.6. The van der Waals surface area contributed by atoms with E-state index in [4.69, 9.17) is 4.74 Å². The van der Waals surface area contributed by atoms with Crippen LogP contribution in [-0.2, 0) is 29.0 Å². The highest BCUT2D eigenvalue weighted by atomic mass is 32.1. The van der Waals surface area contributed by atoms with Crippen molar-refractivity contribution >= 4 is 33.4 Å². The Bertz CT molecular complexity index is 1310. The molecule has 0 fully saturated rings. The summed E-state index contributed by atoms with van der Waals surface area (Å²) < 4.78 is 6.98. The van der Waals surface area contributed by atoms with Crippen molar-refractivity contribution in [2.45, 2.75) is 32.5 Å². The standard InChI is InChI=1S/C25H23N3O3S/c1-16-20-13-22(32-24(20)28(26-16)14-17-8-4-3-5-9-17)23(29)27-15-19-11-7-6-10-18(19)12-21(27)25(30)31-2/h3-11,13,21H,12,14-15H2,1-2H3/t21-/m0/s1. The summed E-state index contributed by atoms with van der Waals surface area (Å²) in [6.07, 6.45) is 0.459. The molecule has 2 aromatic heterocycles. The second-order valence-corrected chi connectivity index (χ2v) is 9.03. The van der Waals surface area contributed by atoms with Gasteiger partial charge in [-0.1, -0.05) is 54.6 Å². The van der Waals surface area contributed by atoms with E-state index in [1.807, 2.05) is 60.1 Å². The maximum Gasteiger partial charge on any atom is 0.328 e. The van der Waals surface area contributed by atoms with Crippen LogP contribution < -0.4 is 0 Å². The van der Waals surface area contributed by atoms with Crippen LogP contribution in [0.5, 0.6) is 0 Å². The molecule has 4 aromatic rings. The van der Waals surface area contributed by atoms with E-state index in [1.165, 1.54) is 18.4 Å². The molecule has 3 heterocycles. The number of esters is 1. The maximum absolute atomic E-state index is 13.6. The van der Waals surface area contributed by atoms with Crippen LogP contribution in [0.3, 0.4) is 0 Å². The summed E-state index contributed by atoms with van der Waals surface area (Å²) in [5, 5.41) is 5.65. The van der Waals surface area contributed by atoms with Gasteiger partial charge in [0, 0.05) is 18.4 Å². The van der Waals surface area contributed by atoms with Gasteiger partial charge in [0.1, 0.15) is 10.9 Å². The summed E-state index contributed by atoms with van der Waals surface area (Å²) in [5.41, 5.74) is 4.18. The van der Waals surface area contributed by atoms with E-state index in [2.05, 4.69) is 17.2 Å². The van der Waals surface area contributed by atoms with Crippen molar-refractivity contribution in [3.63, 3.8) is 0 Å². The summed E-state index contributed by atoms with van der Waals surface area (Å²) in [6.45, 7) is 2.98. The molecule has 1 aliphatic rings. The number of fused-ring (bicyclic) bond motifs is 2. The fraction of sp³-hybridized carbons (Fsp3) is 0.240. The summed E-state index contributed by atoms with van der Waals surface area (Å²) in [6, 6.07) is 19.3. The van der Waals surface area contributed by atoms with Gasteiger partial charge >= 0.3 is 5.97 Å². The maximum atomic E-state index is 13.6. The minimum atomic E-state index is -0.630. The third kappa shape index (κ3) is 3.58. The number of ether oxygens (including phenoxy) is 1. The lowest BCUT2D eigenvalue weighted by molar-refractivity contribution is -0.146. The fourth-order valence-electron chi connectivity index (χ4n) is 4.31. The van der Waals surface area contributed by atoms with Crippen LogP contribution in [0.2, 0.25) is 0 Å². The van der Waals surface area contributed by atoms with Gasteiger partial charge in [0.2, 0.25) is 0 Å². The minimum Gasteiger partial charge on any atom is -0.467 e. The predicted molar refractivity (Wildman–Crippen MR) is 124 cm³/mol. The van der Waals surface area contributed by atoms with Crippen LogP contribution in [0.25, 0.3) is 10.2 Å². The molecule has 1 atom stereocenters. The van der Waals surface area contributed by atoms with Gasteiger partial charge in [-0.2, -0.15) is 5.10 Å². The van der Waals surface area contributed by atoms with Crippen molar-refractivity contribution in [3.05, 3.63) is 87.9 Å². The lowest BCUT2D eigenvalue weighted by atomic mass is 9.94. The highest BCUT2D eigenvalue weighted by Gasteiger charge is 2.36. The van der Waals surface area contributed by atoms with Gasteiger partial charge in [-0.25, -0.2) is 4.79 Å². The number of nitrogens with zero attached hydrogens (tertiary/aromatic N) is 3. The summed E-state index contributed by atoms with van der Waals surface area (Å²) in [7, 11) is 1.37. The Hall–Kier alpha value is -3.45. The van der Waals surface area contributed by atoms with Gasteiger partial charge < -0.3 is 9.64 Å². The first-order chi connectivity index (χ1) is 15.5. The second kappa shape index (κ2) is 8.24. The molecule has 0 saturated carbocycles. The van der Waals surface area contributed by atoms with E-state index < -0.39 is 6.04 Å². The number of carbonyl (C=O) groups excluding carboxylic acids is 2. The molecular weight excluding hydrogens is 422 g/mol. The SMILES string of the molecule is COC(=O)[C@@H]1Cc2ccccc2CN1C(=O)c1cc2c(C)nn(Cc3ccccc3)c2s1. The number of methoxy groups -OCH3 is 1. The van der Waals surface area contributed by atoms with Crippen molar-refractivity contribution in [2.24, 2.45) is 0 Å². The zero-order chi connectivity index (χ0) is 22.2. The number of thiophene rings is 1. The molecule has 0 aliphatic carbocycles. The lowest BCUT2D eigenvalue weighted by Gasteiger charge is -2.34. The fourth-order valence-corrected chi connectivity index (χ4v) is 5.42. The van der Waals surface area contributed by atoms with E-state index in [0.717, 1.165) is 32.6 Å². The first-order valence-electron chi connectivity index (χ1n) is 10.5. The van der Waals surface area contributed by atoms with E-state index in [1.54, 1.807) is 4.90 Å². The van der Waals surface area contributed by atoms with Crippen molar-refractivity contribution in [2.75, 3.05) is 7.11 Å². The monoisotopic (exact) mass is 445 g/mol. The Morgan fingerprint density at radius 2 is 1.81 bits per heavy atom. The average molecular weight is 446 g/mol. The third-order valence-electron chi connectivity index (χ3n) is 5.98. The second-order valence-electron chi connectivity index (χ2n) is 8.00. The van der Waals surface area contributed by atoms with Crippen LogP contribution in [-0.4, -0.2) is 39.7 Å². The number of hydrogen-bond acceptors (Lipinski definition) is 5. The molecule has 0 spiro atoms. The topological polar surface area (TPSA) is 64.4 Å². The van der Waals surface area contributed by atoms with Crippen molar-refractivity contribution in [1.29, 1.82) is 0 Å². The molecule has 1 amide bonds. The van der Waals surface area contributed by atoms with Crippen molar-refractivity contribution in [1.82, 2.24) is 14.7 Å². The zero-order valence-electron chi connectivity index (χ0n) is 17.9. The Morgan fingerprint density at radius 3 is 2.56 bits per heavy atom. The Labute approximate surface area is 190 Å². The number of hydrogen-bond donors (Lipinski definition) is 0. The van der Waals surface area contributed by atoms with E-state index in [0.29, 0.717) is 24.4 Å². The number of aryl methyl sites for hydroxylation is 1. The summed E-state index contributed by atoms with van der Waals surface area (Å²) in [5.74, 6) is -0.540. The van der Waals surface area contributed by atoms with E-state index >= 15 is 0 Å². The minimum absolute atomic E-state index is 0.151. The molecule has 0 N–H and O–H groups in total.